The van der Waals surface area contributed by atoms with Crippen molar-refractivity contribution in [3.8, 4) is 11.5 Å². The summed E-state index contributed by atoms with van der Waals surface area (Å²) in [5.74, 6) is 1.58. The van der Waals surface area contributed by atoms with Crippen LogP contribution in [-0.4, -0.2) is 38.6 Å². The number of hydrogen-bond donors (Lipinski definition) is 1. The number of methoxy groups -OCH3 is 2. The average molecular weight is 357 g/mol. The van der Waals surface area contributed by atoms with E-state index in [-0.39, 0.29) is 6.10 Å². The van der Waals surface area contributed by atoms with Crippen LogP contribution in [0.5, 0.6) is 11.5 Å². The first-order chi connectivity index (χ1) is 12.5. The summed E-state index contributed by atoms with van der Waals surface area (Å²) in [5, 5.41) is 0. The topological polar surface area (TPSA) is 80.0 Å². The highest BCUT2D eigenvalue weighted by atomic mass is 16.6. The van der Waals surface area contributed by atoms with Gasteiger partial charge in [-0.2, -0.15) is 0 Å². The van der Waals surface area contributed by atoms with Crippen LogP contribution in [0.15, 0.2) is 48.5 Å². The molecule has 1 aliphatic heterocycles. The van der Waals surface area contributed by atoms with Crippen LogP contribution in [0.4, 0.5) is 4.79 Å². The van der Waals surface area contributed by atoms with Crippen LogP contribution in [0.2, 0.25) is 0 Å². The monoisotopic (exact) mass is 357 g/mol. The molecule has 2 aromatic carbocycles. The first-order valence-electron chi connectivity index (χ1n) is 8.40. The molecule has 1 unspecified atom stereocenters. The summed E-state index contributed by atoms with van der Waals surface area (Å²) < 4.78 is 21.7. The minimum absolute atomic E-state index is 0.343. The molecular weight excluding hydrogens is 334 g/mol. The van der Waals surface area contributed by atoms with E-state index >= 15 is 0 Å². The number of hydrogen-bond acceptors (Lipinski definition) is 5. The van der Waals surface area contributed by atoms with Crippen molar-refractivity contribution in [2.45, 2.75) is 24.5 Å². The third-order valence-electron chi connectivity index (χ3n) is 4.69. The Kier molecular flexibility index (Phi) is 5.32. The zero-order valence-electron chi connectivity index (χ0n) is 14.9. The predicted octanol–water partition coefficient (Wildman–Crippen LogP) is 2.72. The Morgan fingerprint density at radius 1 is 1.00 bits per heavy atom. The second kappa shape index (κ2) is 7.66. The van der Waals surface area contributed by atoms with Crippen molar-refractivity contribution in [3.63, 3.8) is 0 Å². The van der Waals surface area contributed by atoms with Crippen molar-refractivity contribution in [3.05, 3.63) is 59.7 Å². The number of carbonyl (C=O) groups is 1. The van der Waals surface area contributed by atoms with Gasteiger partial charge in [-0.25, -0.2) is 4.79 Å². The molecule has 2 aromatic rings. The lowest BCUT2D eigenvalue weighted by Crippen LogP contribution is -2.62. The lowest BCUT2D eigenvalue weighted by molar-refractivity contribution is -0.235. The fourth-order valence-electron chi connectivity index (χ4n) is 3.24. The summed E-state index contributed by atoms with van der Waals surface area (Å²) in [4.78, 5) is 11.3. The molecule has 1 heterocycles. The lowest BCUT2D eigenvalue weighted by Gasteiger charge is -2.48. The lowest BCUT2D eigenvalue weighted by atomic mass is 9.79. The van der Waals surface area contributed by atoms with Crippen LogP contribution in [-0.2, 0) is 22.3 Å². The highest BCUT2D eigenvalue weighted by Gasteiger charge is 2.51. The molecule has 1 saturated heterocycles. The molecule has 6 heteroatoms. The third-order valence-corrected chi connectivity index (χ3v) is 4.69. The normalized spacial score (nSPS) is 17.8. The summed E-state index contributed by atoms with van der Waals surface area (Å²) in [6, 6.07) is 15.5. The van der Waals surface area contributed by atoms with Crippen LogP contribution in [0.3, 0.4) is 0 Å². The van der Waals surface area contributed by atoms with E-state index in [1.165, 1.54) is 0 Å². The molecule has 1 aliphatic rings. The standard InChI is InChI=1S/C20H23NO5/c1-23-16-7-3-14(4-8-16)11-20(18(13-25-20)26-19(21)22)12-15-5-9-17(24-2)10-6-15/h3-10,18H,11-13H2,1-2H3,(H2,21,22). The zero-order chi connectivity index (χ0) is 18.6. The molecule has 26 heavy (non-hydrogen) atoms. The van der Waals surface area contributed by atoms with Gasteiger partial charge >= 0.3 is 6.09 Å². The number of carbonyl (C=O) groups excluding carboxylic acids is 1. The van der Waals surface area contributed by atoms with Crippen LogP contribution in [0.1, 0.15) is 11.1 Å². The van der Waals surface area contributed by atoms with E-state index in [9.17, 15) is 4.79 Å². The van der Waals surface area contributed by atoms with Crippen molar-refractivity contribution in [2.75, 3.05) is 20.8 Å². The fraction of sp³-hybridized carbons (Fsp3) is 0.350. The highest BCUT2D eigenvalue weighted by molar-refractivity contribution is 5.65. The maximum atomic E-state index is 11.3. The van der Waals surface area contributed by atoms with Crippen molar-refractivity contribution >= 4 is 6.09 Å². The first-order valence-corrected chi connectivity index (χ1v) is 8.40. The SMILES string of the molecule is COc1ccc(CC2(Cc3ccc(OC)cc3)OCC2OC(N)=O)cc1. The van der Waals surface area contributed by atoms with E-state index in [0.717, 1.165) is 22.6 Å². The summed E-state index contributed by atoms with van der Waals surface area (Å²) in [6.07, 6.45) is 0.0263. The van der Waals surface area contributed by atoms with Gasteiger partial charge in [-0.15, -0.1) is 0 Å². The van der Waals surface area contributed by atoms with Crippen LogP contribution in [0, 0.1) is 0 Å². The molecule has 3 rings (SSSR count). The number of amides is 1. The molecule has 0 bridgehead atoms. The van der Waals surface area contributed by atoms with Gasteiger partial charge in [-0.3, -0.25) is 0 Å². The second-order valence-corrected chi connectivity index (χ2v) is 6.35. The van der Waals surface area contributed by atoms with Crippen molar-refractivity contribution in [1.29, 1.82) is 0 Å². The van der Waals surface area contributed by atoms with E-state index in [0.29, 0.717) is 19.4 Å². The van der Waals surface area contributed by atoms with Crippen molar-refractivity contribution in [2.24, 2.45) is 5.73 Å². The minimum atomic E-state index is -0.785. The van der Waals surface area contributed by atoms with Gasteiger partial charge in [0.1, 0.15) is 17.1 Å². The largest absolute Gasteiger partial charge is 0.497 e. The smallest absolute Gasteiger partial charge is 0.404 e. The van der Waals surface area contributed by atoms with Crippen LogP contribution in [0.25, 0.3) is 0 Å². The maximum Gasteiger partial charge on any atom is 0.404 e. The van der Waals surface area contributed by atoms with Gasteiger partial charge in [0.15, 0.2) is 6.10 Å². The number of rotatable bonds is 7. The Balaban J connectivity index is 1.82. The van der Waals surface area contributed by atoms with Crippen molar-refractivity contribution < 1.29 is 23.7 Å². The number of nitrogens with two attached hydrogens (primary N) is 1. The summed E-state index contributed by atoms with van der Waals surface area (Å²) in [7, 11) is 3.26. The Morgan fingerprint density at radius 2 is 1.46 bits per heavy atom. The molecule has 0 spiro atoms. The molecule has 2 N–H and O–H groups in total. The Morgan fingerprint density at radius 3 is 1.77 bits per heavy atom. The zero-order valence-corrected chi connectivity index (χ0v) is 14.9. The molecule has 0 saturated carbocycles. The number of ether oxygens (including phenoxy) is 4. The number of primary amides is 1. The minimum Gasteiger partial charge on any atom is -0.497 e. The molecule has 6 nitrogen and oxygen atoms in total. The Hall–Kier alpha value is -2.73. The maximum absolute atomic E-state index is 11.3. The summed E-state index contributed by atoms with van der Waals surface area (Å²) in [6.45, 7) is 0.343. The van der Waals surface area contributed by atoms with Gasteiger partial charge in [0.25, 0.3) is 0 Å². The third kappa shape index (κ3) is 3.91. The van der Waals surface area contributed by atoms with E-state index in [4.69, 9.17) is 24.7 Å². The quantitative estimate of drug-likeness (QED) is 0.824. The molecule has 0 aromatic heterocycles. The van der Waals surface area contributed by atoms with Gasteiger partial charge in [0, 0.05) is 12.8 Å². The van der Waals surface area contributed by atoms with Crippen LogP contribution < -0.4 is 15.2 Å². The van der Waals surface area contributed by atoms with Gasteiger partial charge in [0.05, 0.1) is 20.8 Å². The Labute approximate surface area is 152 Å². The van der Waals surface area contributed by atoms with Gasteiger partial charge in [-0.05, 0) is 35.4 Å². The predicted molar refractivity (Wildman–Crippen MR) is 96.5 cm³/mol. The molecule has 1 fully saturated rings. The molecule has 0 radical (unpaired) electrons. The van der Waals surface area contributed by atoms with E-state index in [1.54, 1.807) is 14.2 Å². The summed E-state index contributed by atoms with van der Waals surface area (Å²) >= 11 is 0. The Bertz CT molecular complexity index is 692. The molecule has 1 atom stereocenters. The molecule has 0 aliphatic carbocycles. The molecule has 138 valence electrons. The highest BCUT2D eigenvalue weighted by Crippen LogP contribution is 2.37. The molecule has 1 amide bonds. The van der Waals surface area contributed by atoms with Gasteiger partial charge < -0.3 is 24.7 Å². The average Bonchev–Trinajstić information content (AvgIpc) is 2.66. The first kappa shape index (κ1) is 18.1. The van der Waals surface area contributed by atoms with E-state index < -0.39 is 11.7 Å². The second-order valence-electron chi connectivity index (χ2n) is 6.35. The van der Waals surface area contributed by atoms with E-state index in [2.05, 4.69) is 0 Å². The molecular formula is C20H23NO5. The van der Waals surface area contributed by atoms with Gasteiger partial charge in [-0.1, -0.05) is 24.3 Å². The van der Waals surface area contributed by atoms with Crippen LogP contribution >= 0.6 is 0 Å². The van der Waals surface area contributed by atoms with E-state index in [1.807, 2.05) is 48.5 Å². The van der Waals surface area contributed by atoms with Gasteiger partial charge in [0.2, 0.25) is 0 Å². The number of benzene rings is 2. The fourth-order valence-corrected chi connectivity index (χ4v) is 3.24. The van der Waals surface area contributed by atoms with Crippen molar-refractivity contribution in [1.82, 2.24) is 0 Å². The summed E-state index contributed by atoms with van der Waals surface area (Å²) in [5.41, 5.74) is 6.73.